The summed E-state index contributed by atoms with van der Waals surface area (Å²) in [5.41, 5.74) is 0. The Morgan fingerprint density at radius 1 is 1.59 bits per heavy atom. The number of nitrogens with zero attached hydrogens (tertiary/aromatic N) is 1. The van der Waals surface area contributed by atoms with Gasteiger partial charge in [0.25, 0.3) is 0 Å². The highest BCUT2D eigenvalue weighted by Crippen LogP contribution is 2.25. The first-order valence-corrected chi connectivity index (χ1v) is 7.29. The Hall–Kier alpha value is -0.300. The molecule has 1 fully saturated rings. The van der Waals surface area contributed by atoms with Gasteiger partial charge in [0, 0.05) is 6.07 Å². The molecule has 0 aromatic heterocycles. The minimum atomic E-state index is 0.266. The normalized spacial score (nSPS) is 19.0. The van der Waals surface area contributed by atoms with Crippen molar-refractivity contribution >= 4 is 26.9 Å². The lowest BCUT2D eigenvalue weighted by Gasteiger charge is -2.05. The van der Waals surface area contributed by atoms with Crippen molar-refractivity contribution in [3.8, 4) is 11.5 Å². The maximum absolute atomic E-state index is 5.55. The third kappa shape index (κ3) is 5.25. The van der Waals surface area contributed by atoms with Gasteiger partial charge in [-0.05, 0) is 12.1 Å². The van der Waals surface area contributed by atoms with Crippen LogP contribution in [0.2, 0.25) is 0 Å². The van der Waals surface area contributed by atoms with Gasteiger partial charge in [-0.2, -0.15) is 4.52 Å². The van der Waals surface area contributed by atoms with Gasteiger partial charge in [-0.25, -0.2) is 0 Å². The maximum Gasteiger partial charge on any atom is 0.247 e. The molecule has 1 aromatic carbocycles. The maximum atomic E-state index is 5.55. The van der Waals surface area contributed by atoms with Gasteiger partial charge in [0.2, 0.25) is 8.60 Å². The van der Waals surface area contributed by atoms with Gasteiger partial charge < -0.3 is 14.0 Å². The standard InChI is InChI=1S/C9H13N2O3P3/c15-10-16-11-17-14-8-3-1-2-7(4-8)12-5-9-6-13-9/h1-4,9-10,16H,5-6,15H2. The Bertz CT molecular complexity index is 388. The van der Waals surface area contributed by atoms with E-state index in [1.165, 1.54) is 0 Å². The summed E-state index contributed by atoms with van der Waals surface area (Å²) in [5, 5.41) is 0. The molecule has 1 heterocycles. The molecule has 3 unspecified atom stereocenters. The van der Waals surface area contributed by atoms with Crippen LogP contribution in [0.15, 0.2) is 28.8 Å². The zero-order valence-corrected chi connectivity index (χ0v) is 12.0. The quantitative estimate of drug-likeness (QED) is 0.619. The predicted molar refractivity (Wildman–Crippen MR) is 72.8 cm³/mol. The number of rotatable bonds is 7. The minimum absolute atomic E-state index is 0.266. The van der Waals surface area contributed by atoms with E-state index in [-0.39, 0.29) is 6.10 Å². The van der Waals surface area contributed by atoms with E-state index in [2.05, 4.69) is 18.8 Å². The van der Waals surface area contributed by atoms with Gasteiger partial charge in [-0.3, -0.25) is 4.86 Å². The van der Waals surface area contributed by atoms with Crippen molar-refractivity contribution in [3.05, 3.63) is 24.3 Å². The van der Waals surface area contributed by atoms with Crippen molar-refractivity contribution < 1.29 is 14.0 Å². The molecule has 8 heteroatoms. The third-order valence-corrected chi connectivity index (χ3v) is 3.48. The van der Waals surface area contributed by atoms with Gasteiger partial charge in [-0.15, -0.1) is 0 Å². The molecular formula is C9H13N2O3P3. The fourth-order valence-electron chi connectivity index (χ4n) is 1.09. The number of nitrogens with one attached hydrogen (secondary N) is 1. The minimum Gasteiger partial charge on any atom is -0.491 e. The highest BCUT2D eigenvalue weighted by atomic mass is 31.1. The summed E-state index contributed by atoms with van der Waals surface area (Å²) >= 11 is 0. The lowest BCUT2D eigenvalue weighted by Crippen LogP contribution is -2.03. The highest BCUT2D eigenvalue weighted by Gasteiger charge is 2.22. The topological polar surface area (TPSA) is 55.4 Å². The van der Waals surface area contributed by atoms with Crippen LogP contribution >= 0.6 is 26.9 Å². The van der Waals surface area contributed by atoms with Crippen molar-refractivity contribution in [2.75, 3.05) is 13.2 Å². The number of epoxide rings is 1. The molecule has 1 aromatic rings. The Labute approximate surface area is 106 Å². The zero-order valence-electron chi connectivity index (χ0n) is 9.00. The van der Waals surface area contributed by atoms with Crippen molar-refractivity contribution in [3.63, 3.8) is 0 Å². The number of ether oxygens (including phenoxy) is 2. The number of benzene rings is 1. The summed E-state index contributed by atoms with van der Waals surface area (Å²) < 4.78 is 20.1. The Morgan fingerprint density at radius 2 is 2.41 bits per heavy atom. The highest BCUT2D eigenvalue weighted by molar-refractivity contribution is 7.48. The average molecular weight is 290 g/mol. The van der Waals surface area contributed by atoms with Crippen LogP contribution < -0.4 is 14.1 Å². The molecule has 17 heavy (non-hydrogen) atoms. The summed E-state index contributed by atoms with van der Waals surface area (Å²) in [6.07, 6.45) is 0.266. The second kappa shape index (κ2) is 7.20. The first-order valence-electron chi connectivity index (χ1n) is 5.00. The second-order valence-electron chi connectivity index (χ2n) is 3.27. The molecular weight excluding hydrogens is 277 g/mol. The van der Waals surface area contributed by atoms with E-state index in [1.807, 2.05) is 24.3 Å². The van der Waals surface area contributed by atoms with Gasteiger partial charge in [-0.1, -0.05) is 15.5 Å². The molecule has 1 N–H and O–H groups in total. The first-order chi connectivity index (χ1) is 8.38. The van der Waals surface area contributed by atoms with E-state index in [9.17, 15) is 0 Å². The van der Waals surface area contributed by atoms with Crippen LogP contribution in [-0.4, -0.2) is 19.3 Å². The molecule has 1 aliphatic rings. The van der Waals surface area contributed by atoms with E-state index < -0.39 is 0 Å². The van der Waals surface area contributed by atoms with Crippen LogP contribution in [0.3, 0.4) is 0 Å². The summed E-state index contributed by atoms with van der Waals surface area (Å²) in [5.74, 6) is 1.54. The monoisotopic (exact) mass is 290 g/mol. The Morgan fingerprint density at radius 3 is 3.18 bits per heavy atom. The molecule has 3 atom stereocenters. The SMILES string of the molecule is PNPN=POc1cccc(OCC2CO2)c1. The Kier molecular flexibility index (Phi) is 5.57. The largest absolute Gasteiger partial charge is 0.491 e. The lowest BCUT2D eigenvalue weighted by atomic mass is 10.3. The van der Waals surface area contributed by atoms with Crippen LogP contribution in [0, 0.1) is 0 Å². The summed E-state index contributed by atoms with van der Waals surface area (Å²) in [6.45, 7) is 1.40. The molecule has 0 amide bonds. The average Bonchev–Trinajstić information content (AvgIpc) is 3.17. The molecule has 1 aliphatic heterocycles. The molecule has 0 bridgehead atoms. The van der Waals surface area contributed by atoms with Crippen molar-refractivity contribution in [2.24, 2.45) is 4.52 Å². The number of hydrogen-bond donors (Lipinski definition) is 1. The fraction of sp³-hybridized carbons (Fsp3) is 0.333. The van der Waals surface area contributed by atoms with E-state index in [0.29, 0.717) is 24.1 Å². The Balaban J connectivity index is 1.81. The van der Waals surface area contributed by atoms with Crippen molar-refractivity contribution in [1.29, 1.82) is 0 Å². The smallest absolute Gasteiger partial charge is 0.247 e. The van der Waals surface area contributed by atoms with Crippen LogP contribution in [0.4, 0.5) is 0 Å². The molecule has 92 valence electrons. The molecule has 0 aliphatic carbocycles. The van der Waals surface area contributed by atoms with Crippen LogP contribution in [0.25, 0.3) is 0 Å². The van der Waals surface area contributed by atoms with Crippen LogP contribution in [0.5, 0.6) is 11.5 Å². The van der Waals surface area contributed by atoms with Crippen LogP contribution in [0.1, 0.15) is 0 Å². The fourth-order valence-corrected chi connectivity index (χ4v) is 2.38. The molecule has 5 nitrogen and oxygen atoms in total. The zero-order chi connectivity index (χ0) is 11.9. The molecule has 1 saturated heterocycles. The van der Waals surface area contributed by atoms with Crippen molar-refractivity contribution in [1.82, 2.24) is 4.86 Å². The first kappa shape index (κ1) is 13.1. The summed E-state index contributed by atoms with van der Waals surface area (Å²) in [4.78, 5) is 2.86. The van der Waals surface area contributed by atoms with Gasteiger partial charge >= 0.3 is 0 Å². The van der Waals surface area contributed by atoms with Gasteiger partial charge in [0.05, 0.1) is 15.5 Å². The van der Waals surface area contributed by atoms with Crippen molar-refractivity contribution in [2.45, 2.75) is 6.10 Å². The predicted octanol–water partition coefficient (Wildman–Crippen LogP) is 2.78. The lowest BCUT2D eigenvalue weighted by molar-refractivity contribution is 0.262. The van der Waals surface area contributed by atoms with E-state index >= 15 is 0 Å². The third-order valence-electron chi connectivity index (χ3n) is 1.95. The van der Waals surface area contributed by atoms with Gasteiger partial charge in [0.15, 0.2) is 0 Å². The summed E-state index contributed by atoms with van der Waals surface area (Å²) in [6, 6.07) is 7.52. The van der Waals surface area contributed by atoms with E-state index in [0.717, 1.165) is 18.1 Å². The van der Waals surface area contributed by atoms with Crippen LogP contribution in [-0.2, 0) is 4.74 Å². The molecule has 0 saturated carbocycles. The van der Waals surface area contributed by atoms with Gasteiger partial charge in [0.1, 0.15) is 24.2 Å². The summed E-state index contributed by atoms with van der Waals surface area (Å²) in [7, 11) is 3.29. The van der Waals surface area contributed by atoms with E-state index in [4.69, 9.17) is 14.0 Å². The molecule has 0 spiro atoms. The second-order valence-corrected chi connectivity index (χ2v) is 5.79. The molecule has 0 radical (unpaired) electrons. The molecule has 2 rings (SSSR count). The number of hydrogen-bond acceptors (Lipinski definition) is 5. The van der Waals surface area contributed by atoms with E-state index in [1.54, 1.807) is 0 Å².